The Kier molecular flexibility index (Phi) is 3.31. The van der Waals surface area contributed by atoms with Crippen LogP contribution in [0.3, 0.4) is 0 Å². The van der Waals surface area contributed by atoms with Crippen LogP contribution in [0.1, 0.15) is 28.2 Å². The number of carbonyl (C=O) groups is 1. The molecule has 0 fully saturated rings. The molecule has 3 aromatic rings. The van der Waals surface area contributed by atoms with Crippen molar-refractivity contribution >= 4 is 28.2 Å². The summed E-state index contributed by atoms with van der Waals surface area (Å²) < 4.78 is 0. The first-order valence-electron chi connectivity index (χ1n) is 7.56. The number of aromatic amines is 2. The summed E-state index contributed by atoms with van der Waals surface area (Å²) in [6.45, 7) is 0. The van der Waals surface area contributed by atoms with Crippen molar-refractivity contribution in [1.29, 1.82) is 0 Å². The van der Waals surface area contributed by atoms with Crippen molar-refractivity contribution in [2.24, 2.45) is 10.2 Å². The van der Waals surface area contributed by atoms with Crippen LogP contribution in [0, 0.1) is 10.1 Å². The molecule has 0 bridgehead atoms. The Hall–Kier alpha value is -3.56. The van der Waals surface area contributed by atoms with E-state index in [-0.39, 0.29) is 22.9 Å². The number of amides is 1. The Morgan fingerprint density at radius 2 is 2.20 bits per heavy atom. The highest BCUT2D eigenvalue weighted by molar-refractivity contribution is 5.97. The normalized spacial score (nSPS) is 13.6. The van der Waals surface area contributed by atoms with E-state index in [1.807, 2.05) is 0 Å². The fraction of sp³-hybridized carbons (Fsp3) is 0.200. The monoisotopic (exact) mass is 340 g/mol. The topological polar surface area (TPSA) is 150 Å². The fourth-order valence-corrected chi connectivity index (χ4v) is 3.01. The number of rotatable bonds is 3. The number of aromatic nitrogens is 3. The standard InChI is InChI=1S/C15H12N6O4/c22-14-13(9-6-7(21(24)25)4-5-10(9)16-14)19-20-15(23)12-8-2-1-3-11(8)17-18-12/h4-6,16,22H,1-3H2,(H,17,18). The molecule has 126 valence electrons. The SMILES string of the molecule is O=C(N=Nc1c(O)[nH]c2ccc([N+](=O)[O-])cc12)c1n[nH]c2c1CCC2. The van der Waals surface area contributed by atoms with E-state index >= 15 is 0 Å². The Morgan fingerprint density at radius 3 is 3.00 bits per heavy atom. The molecule has 0 saturated heterocycles. The molecule has 1 amide bonds. The molecule has 1 aliphatic rings. The summed E-state index contributed by atoms with van der Waals surface area (Å²) in [5.74, 6) is -0.946. The number of carbonyl (C=O) groups excluding carboxylic acids is 1. The summed E-state index contributed by atoms with van der Waals surface area (Å²) >= 11 is 0. The average molecular weight is 340 g/mol. The maximum atomic E-state index is 12.2. The molecule has 10 heteroatoms. The highest BCUT2D eigenvalue weighted by Gasteiger charge is 2.23. The number of hydrogen-bond acceptors (Lipinski definition) is 6. The van der Waals surface area contributed by atoms with Crippen LogP contribution in [0.2, 0.25) is 0 Å². The lowest BCUT2D eigenvalue weighted by Crippen LogP contribution is -1.98. The second-order valence-corrected chi connectivity index (χ2v) is 5.70. The van der Waals surface area contributed by atoms with Crippen molar-refractivity contribution in [1.82, 2.24) is 15.2 Å². The Bertz CT molecular complexity index is 1050. The van der Waals surface area contributed by atoms with E-state index in [2.05, 4.69) is 25.4 Å². The number of fused-ring (bicyclic) bond motifs is 2. The second-order valence-electron chi connectivity index (χ2n) is 5.70. The number of nitro benzene ring substituents is 1. The van der Waals surface area contributed by atoms with Gasteiger partial charge in [-0.2, -0.15) is 5.10 Å². The van der Waals surface area contributed by atoms with Crippen LogP contribution in [0.25, 0.3) is 10.9 Å². The Balaban J connectivity index is 1.70. The number of nitrogens with zero attached hydrogens (tertiary/aromatic N) is 4. The van der Waals surface area contributed by atoms with Gasteiger partial charge in [0.1, 0.15) is 0 Å². The molecule has 1 aromatic carbocycles. The lowest BCUT2D eigenvalue weighted by atomic mass is 10.2. The first-order chi connectivity index (χ1) is 12.0. The maximum absolute atomic E-state index is 12.2. The second kappa shape index (κ2) is 5.51. The van der Waals surface area contributed by atoms with Gasteiger partial charge >= 0.3 is 5.91 Å². The molecule has 0 spiro atoms. The van der Waals surface area contributed by atoms with E-state index in [1.165, 1.54) is 18.2 Å². The third kappa shape index (κ3) is 2.43. The average Bonchev–Trinajstić information content (AvgIpc) is 3.25. The van der Waals surface area contributed by atoms with Gasteiger partial charge in [-0.15, -0.1) is 10.2 Å². The fourth-order valence-electron chi connectivity index (χ4n) is 3.01. The van der Waals surface area contributed by atoms with Crippen LogP contribution in [-0.2, 0) is 12.8 Å². The number of benzene rings is 1. The summed E-state index contributed by atoms with van der Waals surface area (Å²) in [6.07, 6.45) is 2.56. The third-order valence-electron chi connectivity index (χ3n) is 4.20. The Morgan fingerprint density at radius 1 is 1.36 bits per heavy atom. The molecule has 3 N–H and O–H groups in total. The first-order valence-corrected chi connectivity index (χ1v) is 7.56. The van der Waals surface area contributed by atoms with Gasteiger partial charge in [-0.05, 0) is 25.3 Å². The van der Waals surface area contributed by atoms with Gasteiger partial charge in [-0.1, -0.05) is 0 Å². The molecule has 25 heavy (non-hydrogen) atoms. The first kappa shape index (κ1) is 15.0. The van der Waals surface area contributed by atoms with Gasteiger partial charge in [-0.3, -0.25) is 20.0 Å². The molecule has 0 saturated carbocycles. The van der Waals surface area contributed by atoms with Gasteiger partial charge in [0.15, 0.2) is 11.4 Å². The van der Waals surface area contributed by atoms with Gasteiger partial charge in [-0.25, -0.2) is 0 Å². The molecule has 2 aromatic heterocycles. The summed E-state index contributed by atoms with van der Waals surface area (Å²) in [6, 6.07) is 4.02. The van der Waals surface area contributed by atoms with Crippen LogP contribution < -0.4 is 0 Å². The zero-order valence-corrected chi connectivity index (χ0v) is 12.8. The number of aromatic hydroxyl groups is 1. The third-order valence-corrected chi connectivity index (χ3v) is 4.20. The number of hydrogen-bond donors (Lipinski definition) is 3. The van der Waals surface area contributed by atoms with Gasteiger partial charge in [0.05, 0.1) is 10.4 Å². The zero-order chi connectivity index (χ0) is 17.6. The number of non-ortho nitro benzene ring substituents is 1. The number of azo groups is 1. The molecule has 1 aliphatic carbocycles. The number of nitrogens with one attached hydrogen (secondary N) is 2. The van der Waals surface area contributed by atoms with E-state index in [0.717, 1.165) is 30.5 Å². The minimum absolute atomic E-state index is 0.0285. The molecule has 10 nitrogen and oxygen atoms in total. The van der Waals surface area contributed by atoms with Crippen molar-refractivity contribution in [2.45, 2.75) is 19.3 Å². The quantitative estimate of drug-likeness (QED) is 0.380. The zero-order valence-electron chi connectivity index (χ0n) is 12.8. The van der Waals surface area contributed by atoms with Gasteiger partial charge in [0, 0.05) is 28.8 Å². The summed E-state index contributed by atoms with van der Waals surface area (Å²) in [5, 5.41) is 35.4. The van der Waals surface area contributed by atoms with E-state index in [1.54, 1.807) is 0 Å². The number of H-pyrrole nitrogens is 2. The van der Waals surface area contributed by atoms with Gasteiger partial charge in [0.2, 0.25) is 5.88 Å². The smallest absolute Gasteiger partial charge is 0.316 e. The molecule has 2 heterocycles. The lowest BCUT2D eigenvalue weighted by molar-refractivity contribution is -0.384. The van der Waals surface area contributed by atoms with Crippen molar-refractivity contribution in [3.05, 3.63) is 45.3 Å². The van der Waals surface area contributed by atoms with Crippen LogP contribution in [0.15, 0.2) is 28.4 Å². The van der Waals surface area contributed by atoms with E-state index in [4.69, 9.17) is 0 Å². The number of nitro groups is 1. The van der Waals surface area contributed by atoms with Crippen molar-refractivity contribution < 1.29 is 14.8 Å². The largest absolute Gasteiger partial charge is 0.493 e. The van der Waals surface area contributed by atoms with Gasteiger partial charge in [0.25, 0.3) is 5.69 Å². The van der Waals surface area contributed by atoms with Crippen molar-refractivity contribution in [3.8, 4) is 5.88 Å². The lowest BCUT2D eigenvalue weighted by Gasteiger charge is -1.94. The van der Waals surface area contributed by atoms with Crippen molar-refractivity contribution in [3.63, 3.8) is 0 Å². The molecule has 0 atom stereocenters. The summed E-state index contributed by atoms with van der Waals surface area (Å²) in [7, 11) is 0. The molecular weight excluding hydrogens is 328 g/mol. The number of aryl methyl sites for hydroxylation is 1. The van der Waals surface area contributed by atoms with E-state index in [0.29, 0.717) is 10.9 Å². The van der Waals surface area contributed by atoms with Crippen LogP contribution in [0.4, 0.5) is 11.4 Å². The molecule has 0 unspecified atom stereocenters. The Labute approximate surface area is 139 Å². The summed E-state index contributed by atoms with van der Waals surface area (Å²) in [4.78, 5) is 25.2. The predicted octanol–water partition coefficient (Wildman–Crippen LogP) is 2.92. The highest BCUT2D eigenvalue weighted by Crippen LogP contribution is 2.37. The minimum atomic E-state index is -0.626. The maximum Gasteiger partial charge on any atom is 0.316 e. The molecular formula is C15H12N6O4. The van der Waals surface area contributed by atoms with Crippen LogP contribution in [0.5, 0.6) is 5.88 Å². The van der Waals surface area contributed by atoms with Crippen LogP contribution in [-0.4, -0.2) is 31.1 Å². The van der Waals surface area contributed by atoms with Gasteiger partial charge < -0.3 is 10.1 Å². The molecule has 0 aliphatic heterocycles. The highest BCUT2D eigenvalue weighted by atomic mass is 16.6. The predicted molar refractivity (Wildman–Crippen MR) is 86.1 cm³/mol. The summed E-state index contributed by atoms with van der Waals surface area (Å²) in [5.41, 5.74) is 2.28. The molecule has 4 rings (SSSR count). The van der Waals surface area contributed by atoms with E-state index in [9.17, 15) is 20.0 Å². The molecule has 0 radical (unpaired) electrons. The van der Waals surface area contributed by atoms with Crippen molar-refractivity contribution in [2.75, 3.05) is 0 Å². The van der Waals surface area contributed by atoms with Crippen LogP contribution >= 0.6 is 0 Å². The van der Waals surface area contributed by atoms with E-state index < -0.39 is 10.8 Å². The minimum Gasteiger partial charge on any atom is -0.493 e.